The lowest BCUT2D eigenvalue weighted by molar-refractivity contribution is -0.118. The van der Waals surface area contributed by atoms with Gasteiger partial charge >= 0.3 is 5.97 Å². The van der Waals surface area contributed by atoms with Crippen LogP contribution in [-0.2, 0) is 14.3 Å². The molecule has 37 heavy (non-hydrogen) atoms. The summed E-state index contributed by atoms with van der Waals surface area (Å²) >= 11 is 6.28. The molecule has 0 bridgehead atoms. The largest absolute Gasteiger partial charge is 0.495 e. The summed E-state index contributed by atoms with van der Waals surface area (Å²) in [5.74, 6) is -0.787. The molecule has 0 saturated heterocycles. The molecule has 3 aromatic carbocycles. The molecule has 0 spiro atoms. The van der Waals surface area contributed by atoms with Crippen LogP contribution in [0, 0.1) is 11.3 Å². The zero-order valence-corrected chi connectivity index (χ0v) is 20.7. The molecule has 188 valence electrons. The number of nitrogens with one attached hydrogen (secondary N) is 2. The van der Waals surface area contributed by atoms with Gasteiger partial charge in [0.05, 0.1) is 30.5 Å². The Morgan fingerprint density at radius 3 is 2.35 bits per heavy atom. The molecule has 0 aromatic heterocycles. The zero-order chi connectivity index (χ0) is 26.8. The third kappa shape index (κ3) is 7.34. The Bertz CT molecular complexity index is 1380. The number of nitriles is 1. The molecule has 0 fully saturated rings. The van der Waals surface area contributed by atoms with Crippen LogP contribution in [0.1, 0.15) is 15.9 Å². The van der Waals surface area contributed by atoms with Crippen LogP contribution in [0.4, 0.5) is 11.4 Å². The minimum Gasteiger partial charge on any atom is -0.495 e. The Kier molecular flexibility index (Phi) is 9.24. The van der Waals surface area contributed by atoms with Gasteiger partial charge in [-0.1, -0.05) is 29.8 Å². The Morgan fingerprint density at radius 1 is 0.973 bits per heavy atom. The Hall–Kier alpha value is -4.81. The minimum atomic E-state index is -0.641. The molecule has 2 amide bonds. The maximum Gasteiger partial charge on any atom is 0.337 e. The van der Waals surface area contributed by atoms with E-state index in [1.807, 2.05) is 6.07 Å². The van der Waals surface area contributed by atoms with Crippen LogP contribution in [0.25, 0.3) is 6.08 Å². The fourth-order valence-corrected chi connectivity index (χ4v) is 3.37. The van der Waals surface area contributed by atoms with Crippen LogP contribution >= 0.6 is 11.6 Å². The van der Waals surface area contributed by atoms with Crippen LogP contribution in [0.5, 0.6) is 11.5 Å². The number of halogens is 1. The molecule has 9 nitrogen and oxygen atoms in total. The van der Waals surface area contributed by atoms with E-state index < -0.39 is 17.8 Å². The number of amides is 2. The number of ether oxygens (including phenoxy) is 3. The second-order valence-corrected chi connectivity index (χ2v) is 7.83. The Balaban J connectivity index is 1.63. The summed E-state index contributed by atoms with van der Waals surface area (Å²) in [6.45, 7) is -0.298. The number of carbonyl (C=O) groups excluding carboxylic acids is 3. The number of methoxy groups -OCH3 is 2. The maximum atomic E-state index is 12.5. The highest BCUT2D eigenvalue weighted by Crippen LogP contribution is 2.27. The summed E-state index contributed by atoms with van der Waals surface area (Å²) in [7, 11) is 2.77. The molecule has 0 atom stereocenters. The van der Waals surface area contributed by atoms with Gasteiger partial charge in [-0.05, 0) is 60.2 Å². The molecule has 0 unspecified atom stereocenters. The fraction of sp³-hybridized carbons (Fsp3) is 0.111. The van der Waals surface area contributed by atoms with E-state index in [9.17, 15) is 19.6 Å². The number of nitrogens with zero attached hydrogens (tertiary/aromatic N) is 1. The maximum absolute atomic E-state index is 12.5. The van der Waals surface area contributed by atoms with Crippen LogP contribution < -0.4 is 20.1 Å². The SMILES string of the molecule is COC(=O)c1ccc(NC(=O)/C(C#N)=C\c2ccc(OCC(=O)Nc3ccccc3OC)c(Cl)c2)cc1. The second-order valence-electron chi connectivity index (χ2n) is 7.42. The number of esters is 1. The highest BCUT2D eigenvalue weighted by Gasteiger charge is 2.13. The first-order valence-corrected chi connectivity index (χ1v) is 11.2. The molecular weight excluding hydrogens is 498 g/mol. The second kappa shape index (κ2) is 12.8. The van der Waals surface area contributed by atoms with E-state index in [1.165, 1.54) is 56.7 Å². The fourth-order valence-electron chi connectivity index (χ4n) is 3.12. The normalized spacial score (nSPS) is 10.6. The van der Waals surface area contributed by atoms with Gasteiger partial charge in [-0.15, -0.1) is 0 Å². The van der Waals surface area contributed by atoms with Crippen molar-refractivity contribution >= 4 is 46.8 Å². The predicted octanol–water partition coefficient (Wildman–Crippen LogP) is 4.70. The number of rotatable bonds is 9. The zero-order valence-electron chi connectivity index (χ0n) is 19.9. The van der Waals surface area contributed by atoms with Gasteiger partial charge in [-0.25, -0.2) is 4.79 Å². The van der Waals surface area contributed by atoms with E-state index >= 15 is 0 Å². The molecule has 2 N–H and O–H groups in total. The van der Waals surface area contributed by atoms with Gasteiger partial charge in [0.2, 0.25) is 0 Å². The van der Waals surface area contributed by atoms with Gasteiger partial charge in [-0.3, -0.25) is 9.59 Å². The summed E-state index contributed by atoms with van der Waals surface area (Å²) in [5, 5.41) is 14.9. The molecule has 0 saturated carbocycles. The third-order valence-corrected chi connectivity index (χ3v) is 5.23. The number of benzene rings is 3. The molecule has 10 heteroatoms. The molecule has 0 radical (unpaired) electrons. The van der Waals surface area contributed by atoms with Crippen molar-refractivity contribution in [2.45, 2.75) is 0 Å². The van der Waals surface area contributed by atoms with Crippen LogP contribution in [0.3, 0.4) is 0 Å². The van der Waals surface area contributed by atoms with Crippen molar-refractivity contribution in [1.82, 2.24) is 0 Å². The summed E-state index contributed by atoms with van der Waals surface area (Å²) in [4.78, 5) is 36.3. The summed E-state index contributed by atoms with van der Waals surface area (Å²) in [5.41, 5.74) is 1.53. The van der Waals surface area contributed by atoms with E-state index in [1.54, 1.807) is 30.3 Å². The van der Waals surface area contributed by atoms with E-state index in [2.05, 4.69) is 15.4 Å². The van der Waals surface area contributed by atoms with Crippen molar-refractivity contribution in [3.05, 3.63) is 88.5 Å². The first kappa shape index (κ1) is 26.8. The lowest BCUT2D eigenvalue weighted by atomic mass is 10.1. The van der Waals surface area contributed by atoms with Crippen molar-refractivity contribution in [3.63, 3.8) is 0 Å². The Morgan fingerprint density at radius 2 is 1.70 bits per heavy atom. The molecule has 0 aliphatic rings. The Labute approximate surface area is 218 Å². The average molecular weight is 520 g/mol. The molecule has 0 aliphatic heterocycles. The monoisotopic (exact) mass is 519 g/mol. The van der Waals surface area contributed by atoms with Gasteiger partial charge in [0.1, 0.15) is 23.1 Å². The number of hydrogen-bond acceptors (Lipinski definition) is 7. The number of carbonyl (C=O) groups is 3. The van der Waals surface area contributed by atoms with Gasteiger partial charge in [0, 0.05) is 5.69 Å². The number of hydrogen-bond donors (Lipinski definition) is 2. The lowest BCUT2D eigenvalue weighted by Gasteiger charge is -2.11. The summed E-state index contributed by atoms with van der Waals surface area (Å²) < 4.78 is 15.3. The standard InChI is InChI=1S/C27H22ClN3O6/c1-35-24-6-4-3-5-22(24)31-25(32)16-37-23-12-7-17(14-21(23)28)13-19(15-29)26(33)30-20-10-8-18(9-11-20)27(34)36-2/h3-14H,16H2,1-2H3,(H,30,33)(H,31,32)/b19-13-. The topological polar surface area (TPSA) is 127 Å². The molecule has 0 heterocycles. The average Bonchev–Trinajstić information content (AvgIpc) is 2.91. The van der Waals surface area contributed by atoms with E-state index in [0.29, 0.717) is 28.3 Å². The van der Waals surface area contributed by atoms with Crippen molar-refractivity contribution in [2.24, 2.45) is 0 Å². The number of anilines is 2. The lowest BCUT2D eigenvalue weighted by Crippen LogP contribution is -2.20. The van der Waals surface area contributed by atoms with Gasteiger partial charge in [-0.2, -0.15) is 5.26 Å². The first-order valence-electron chi connectivity index (χ1n) is 10.8. The molecule has 3 rings (SSSR count). The third-order valence-electron chi connectivity index (χ3n) is 4.94. The van der Waals surface area contributed by atoms with Crippen LogP contribution in [0.2, 0.25) is 5.02 Å². The highest BCUT2D eigenvalue weighted by molar-refractivity contribution is 6.32. The minimum absolute atomic E-state index is 0.169. The smallest absolute Gasteiger partial charge is 0.337 e. The van der Waals surface area contributed by atoms with E-state index in [-0.39, 0.29) is 23.0 Å². The quantitative estimate of drug-likeness (QED) is 0.238. The van der Waals surface area contributed by atoms with Crippen molar-refractivity contribution in [2.75, 3.05) is 31.5 Å². The number of para-hydroxylation sites is 2. The van der Waals surface area contributed by atoms with Crippen molar-refractivity contribution in [1.29, 1.82) is 5.26 Å². The molecule has 3 aromatic rings. The van der Waals surface area contributed by atoms with Gasteiger partial charge in [0.25, 0.3) is 11.8 Å². The summed E-state index contributed by atoms with van der Waals surface area (Å²) in [6, 6.07) is 19.5. The molecule has 0 aliphatic carbocycles. The predicted molar refractivity (Wildman–Crippen MR) is 139 cm³/mol. The van der Waals surface area contributed by atoms with Gasteiger partial charge in [0.15, 0.2) is 6.61 Å². The first-order chi connectivity index (χ1) is 17.8. The van der Waals surface area contributed by atoms with Crippen LogP contribution in [-0.4, -0.2) is 38.6 Å². The summed E-state index contributed by atoms with van der Waals surface area (Å²) in [6.07, 6.45) is 1.36. The highest BCUT2D eigenvalue weighted by atomic mass is 35.5. The van der Waals surface area contributed by atoms with Crippen molar-refractivity contribution in [3.8, 4) is 17.6 Å². The van der Waals surface area contributed by atoms with Crippen molar-refractivity contribution < 1.29 is 28.6 Å². The van der Waals surface area contributed by atoms with E-state index in [4.69, 9.17) is 21.1 Å². The molecular formula is C27H22ClN3O6. The van der Waals surface area contributed by atoms with Crippen LogP contribution in [0.15, 0.2) is 72.3 Å². The van der Waals surface area contributed by atoms with E-state index in [0.717, 1.165) is 0 Å². The van der Waals surface area contributed by atoms with Gasteiger partial charge < -0.3 is 24.8 Å².